The monoisotopic (exact) mass is 390 g/mol. The van der Waals surface area contributed by atoms with Gasteiger partial charge in [-0.15, -0.1) is 0 Å². The minimum Gasteiger partial charge on any atom is -0.462 e. The van der Waals surface area contributed by atoms with Crippen molar-refractivity contribution in [3.05, 3.63) is 77.1 Å². The molecule has 0 spiro atoms. The first kappa shape index (κ1) is 20.0. The molecule has 0 aliphatic heterocycles. The Morgan fingerprint density at radius 3 is 2.24 bits per heavy atom. The van der Waals surface area contributed by atoms with Gasteiger partial charge in [-0.3, -0.25) is 4.79 Å². The Morgan fingerprint density at radius 1 is 0.897 bits per heavy atom. The lowest BCUT2D eigenvalue weighted by Crippen LogP contribution is -2.13. The molecule has 7 nitrogen and oxygen atoms in total. The fourth-order valence-corrected chi connectivity index (χ4v) is 2.76. The fraction of sp³-hybridized carbons (Fsp3) is 0.182. The van der Waals surface area contributed by atoms with Crippen LogP contribution in [-0.4, -0.2) is 28.5 Å². The number of carbonyl (C=O) groups is 2. The molecule has 148 valence electrons. The number of nitrogens with one attached hydrogen (secondary N) is 2. The highest BCUT2D eigenvalue weighted by molar-refractivity contribution is 6.05. The largest absolute Gasteiger partial charge is 0.462 e. The molecule has 2 aromatic carbocycles. The van der Waals surface area contributed by atoms with Crippen molar-refractivity contribution in [2.45, 2.75) is 20.8 Å². The summed E-state index contributed by atoms with van der Waals surface area (Å²) in [7, 11) is 0. The summed E-state index contributed by atoms with van der Waals surface area (Å²) in [5.41, 5.74) is 3.92. The number of ether oxygens (including phenoxy) is 1. The number of carbonyl (C=O) groups excluding carboxylic acids is 2. The second-order valence-corrected chi connectivity index (χ2v) is 6.43. The van der Waals surface area contributed by atoms with E-state index in [9.17, 15) is 9.59 Å². The highest BCUT2D eigenvalue weighted by Gasteiger charge is 2.10. The molecule has 0 aliphatic carbocycles. The maximum atomic E-state index is 12.5. The van der Waals surface area contributed by atoms with Gasteiger partial charge in [-0.25, -0.2) is 14.8 Å². The number of nitrogens with zero attached hydrogens (tertiary/aromatic N) is 2. The molecule has 29 heavy (non-hydrogen) atoms. The quantitative estimate of drug-likeness (QED) is 0.611. The SMILES string of the molecule is CCOC(=O)c1cccc(NC(=O)c2ccc(Nc3nc(C)cc(C)n3)cc2)c1. The van der Waals surface area contributed by atoms with E-state index in [2.05, 4.69) is 20.6 Å². The van der Waals surface area contributed by atoms with Crippen LogP contribution in [0.3, 0.4) is 0 Å². The normalized spacial score (nSPS) is 10.3. The van der Waals surface area contributed by atoms with Crippen molar-refractivity contribution in [2.75, 3.05) is 17.2 Å². The summed E-state index contributed by atoms with van der Waals surface area (Å²) in [4.78, 5) is 33.0. The third-order valence-electron chi connectivity index (χ3n) is 4.02. The summed E-state index contributed by atoms with van der Waals surface area (Å²) in [5.74, 6) is -0.191. The maximum absolute atomic E-state index is 12.5. The number of aromatic nitrogens is 2. The highest BCUT2D eigenvalue weighted by Crippen LogP contribution is 2.17. The first-order valence-electron chi connectivity index (χ1n) is 9.22. The maximum Gasteiger partial charge on any atom is 0.338 e. The van der Waals surface area contributed by atoms with Gasteiger partial charge in [0, 0.05) is 28.3 Å². The Balaban J connectivity index is 1.67. The number of aryl methyl sites for hydroxylation is 2. The van der Waals surface area contributed by atoms with Gasteiger partial charge in [-0.05, 0) is 69.3 Å². The van der Waals surface area contributed by atoms with E-state index in [-0.39, 0.29) is 5.91 Å². The van der Waals surface area contributed by atoms with Crippen LogP contribution in [0.5, 0.6) is 0 Å². The molecule has 7 heteroatoms. The molecular weight excluding hydrogens is 368 g/mol. The van der Waals surface area contributed by atoms with Crippen LogP contribution in [0, 0.1) is 13.8 Å². The Hall–Kier alpha value is -3.74. The first-order valence-corrected chi connectivity index (χ1v) is 9.22. The molecule has 0 bridgehead atoms. The van der Waals surface area contributed by atoms with Gasteiger partial charge in [0.25, 0.3) is 5.91 Å². The molecule has 2 N–H and O–H groups in total. The Morgan fingerprint density at radius 2 is 1.59 bits per heavy atom. The van der Waals surface area contributed by atoms with Crippen LogP contribution < -0.4 is 10.6 Å². The van der Waals surface area contributed by atoms with Crippen LogP contribution in [0.15, 0.2) is 54.6 Å². The van der Waals surface area contributed by atoms with Gasteiger partial charge in [0.05, 0.1) is 12.2 Å². The van der Waals surface area contributed by atoms with Gasteiger partial charge < -0.3 is 15.4 Å². The highest BCUT2D eigenvalue weighted by atomic mass is 16.5. The molecule has 0 aliphatic rings. The number of esters is 1. The molecule has 0 radical (unpaired) electrons. The summed E-state index contributed by atoms with van der Waals surface area (Å²) >= 11 is 0. The topological polar surface area (TPSA) is 93.2 Å². The van der Waals surface area contributed by atoms with Crippen LogP contribution in [0.1, 0.15) is 39.0 Å². The molecule has 3 rings (SSSR count). The lowest BCUT2D eigenvalue weighted by atomic mass is 10.1. The Bertz CT molecular complexity index is 1010. The van der Waals surface area contributed by atoms with E-state index in [0.717, 1.165) is 17.1 Å². The molecule has 0 saturated heterocycles. The van der Waals surface area contributed by atoms with Crippen molar-refractivity contribution in [3.63, 3.8) is 0 Å². The summed E-state index contributed by atoms with van der Waals surface area (Å²) in [6.45, 7) is 5.85. The number of anilines is 3. The van der Waals surface area contributed by atoms with Crippen LogP contribution in [0.4, 0.5) is 17.3 Å². The second-order valence-electron chi connectivity index (χ2n) is 6.43. The van der Waals surface area contributed by atoms with Crippen molar-refractivity contribution < 1.29 is 14.3 Å². The smallest absolute Gasteiger partial charge is 0.338 e. The average molecular weight is 390 g/mol. The van der Waals surface area contributed by atoms with Crippen molar-refractivity contribution in [2.24, 2.45) is 0 Å². The molecular formula is C22H22N4O3. The van der Waals surface area contributed by atoms with E-state index in [1.54, 1.807) is 55.5 Å². The number of rotatable bonds is 6. The lowest BCUT2D eigenvalue weighted by molar-refractivity contribution is 0.0526. The summed E-state index contributed by atoms with van der Waals surface area (Å²) in [6, 6.07) is 15.5. The third kappa shape index (κ3) is 5.38. The molecule has 1 heterocycles. The molecule has 1 amide bonds. The van der Waals surface area contributed by atoms with Gasteiger partial charge in [0.1, 0.15) is 0 Å². The van der Waals surface area contributed by atoms with E-state index < -0.39 is 5.97 Å². The van der Waals surface area contributed by atoms with Gasteiger partial charge in [-0.2, -0.15) is 0 Å². The van der Waals surface area contributed by atoms with E-state index in [1.807, 2.05) is 19.9 Å². The van der Waals surface area contributed by atoms with Gasteiger partial charge >= 0.3 is 5.97 Å². The van der Waals surface area contributed by atoms with Crippen molar-refractivity contribution >= 4 is 29.2 Å². The van der Waals surface area contributed by atoms with Crippen LogP contribution in [0.25, 0.3) is 0 Å². The molecule has 3 aromatic rings. The number of hydrogen-bond donors (Lipinski definition) is 2. The minimum absolute atomic E-state index is 0.278. The summed E-state index contributed by atoms with van der Waals surface area (Å²) in [6.07, 6.45) is 0. The fourth-order valence-electron chi connectivity index (χ4n) is 2.76. The van der Waals surface area contributed by atoms with Crippen molar-refractivity contribution in [1.29, 1.82) is 0 Å². The Labute approximate surface area is 169 Å². The zero-order valence-corrected chi connectivity index (χ0v) is 16.5. The molecule has 0 atom stereocenters. The minimum atomic E-state index is -0.423. The number of benzene rings is 2. The summed E-state index contributed by atoms with van der Waals surface area (Å²) in [5, 5.41) is 5.92. The van der Waals surface area contributed by atoms with Gasteiger partial charge in [0.15, 0.2) is 0 Å². The van der Waals surface area contributed by atoms with Crippen molar-refractivity contribution in [3.8, 4) is 0 Å². The van der Waals surface area contributed by atoms with E-state index >= 15 is 0 Å². The van der Waals surface area contributed by atoms with Crippen LogP contribution in [0.2, 0.25) is 0 Å². The van der Waals surface area contributed by atoms with Crippen LogP contribution >= 0.6 is 0 Å². The van der Waals surface area contributed by atoms with Crippen molar-refractivity contribution in [1.82, 2.24) is 9.97 Å². The second kappa shape index (κ2) is 8.97. The average Bonchev–Trinajstić information content (AvgIpc) is 2.68. The van der Waals surface area contributed by atoms with Gasteiger partial charge in [0.2, 0.25) is 5.95 Å². The van der Waals surface area contributed by atoms with E-state index in [0.29, 0.717) is 29.4 Å². The molecule has 0 unspecified atom stereocenters. The standard InChI is InChI=1S/C22H22N4O3/c1-4-29-21(28)17-6-5-7-19(13-17)25-20(27)16-8-10-18(11-9-16)26-22-23-14(2)12-15(3)24-22/h5-13H,4H2,1-3H3,(H,25,27)(H,23,24,26). The molecule has 1 aromatic heterocycles. The van der Waals surface area contributed by atoms with Crippen LogP contribution in [-0.2, 0) is 4.74 Å². The zero-order chi connectivity index (χ0) is 20.8. The predicted molar refractivity (Wildman–Crippen MR) is 112 cm³/mol. The number of hydrogen-bond acceptors (Lipinski definition) is 6. The van der Waals surface area contributed by atoms with E-state index in [1.165, 1.54) is 0 Å². The predicted octanol–water partition coefficient (Wildman–Crippen LogP) is 4.27. The van der Waals surface area contributed by atoms with E-state index in [4.69, 9.17) is 4.74 Å². The first-order chi connectivity index (χ1) is 13.9. The summed E-state index contributed by atoms with van der Waals surface area (Å²) < 4.78 is 4.98. The molecule has 0 fully saturated rings. The number of amides is 1. The third-order valence-corrected chi connectivity index (χ3v) is 4.02. The lowest BCUT2D eigenvalue weighted by Gasteiger charge is -2.09. The molecule has 0 saturated carbocycles. The van der Waals surface area contributed by atoms with Gasteiger partial charge in [-0.1, -0.05) is 6.07 Å². The zero-order valence-electron chi connectivity index (χ0n) is 16.5. The Kier molecular flexibility index (Phi) is 6.19.